The van der Waals surface area contributed by atoms with E-state index in [1.54, 1.807) is 6.20 Å². The lowest BCUT2D eigenvalue weighted by Crippen LogP contribution is -2.12. The monoisotopic (exact) mass is 257 g/mol. The number of benzene rings is 1. The Kier molecular flexibility index (Phi) is 3.58. The second kappa shape index (κ2) is 5.14. The number of nitrogens with zero attached hydrogens (tertiary/aromatic N) is 1. The molecule has 0 fully saturated rings. The SMILES string of the molecule is Cc1ccc(C(N)=S)c(Nc2cccnc2C)c1. The first-order chi connectivity index (χ1) is 8.58. The molecule has 3 N–H and O–H groups in total. The van der Waals surface area contributed by atoms with Crippen molar-refractivity contribution in [2.24, 2.45) is 5.73 Å². The molecule has 92 valence electrons. The normalized spacial score (nSPS) is 10.1. The second-order valence-electron chi connectivity index (χ2n) is 4.17. The zero-order chi connectivity index (χ0) is 13.1. The maximum absolute atomic E-state index is 5.73. The fourth-order valence-electron chi connectivity index (χ4n) is 1.74. The molecule has 0 spiro atoms. The van der Waals surface area contributed by atoms with E-state index in [1.165, 1.54) is 0 Å². The molecular weight excluding hydrogens is 242 g/mol. The van der Waals surface area contributed by atoms with Crippen LogP contribution in [0.3, 0.4) is 0 Å². The van der Waals surface area contributed by atoms with E-state index in [2.05, 4.69) is 10.3 Å². The van der Waals surface area contributed by atoms with E-state index in [9.17, 15) is 0 Å². The van der Waals surface area contributed by atoms with E-state index in [0.29, 0.717) is 4.99 Å². The van der Waals surface area contributed by atoms with Crippen LogP contribution in [-0.2, 0) is 0 Å². The Labute approximate surface area is 112 Å². The van der Waals surface area contributed by atoms with Crippen LogP contribution in [0.15, 0.2) is 36.5 Å². The van der Waals surface area contributed by atoms with Crippen LogP contribution in [0.4, 0.5) is 11.4 Å². The number of rotatable bonds is 3. The average Bonchev–Trinajstić information content (AvgIpc) is 2.32. The Morgan fingerprint density at radius 3 is 2.67 bits per heavy atom. The van der Waals surface area contributed by atoms with Gasteiger partial charge in [0.1, 0.15) is 4.99 Å². The van der Waals surface area contributed by atoms with Gasteiger partial charge in [-0.2, -0.15) is 0 Å². The first-order valence-corrected chi connectivity index (χ1v) is 6.08. The molecule has 0 bridgehead atoms. The second-order valence-corrected chi connectivity index (χ2v) is 4.61. The molecule has 1 aromatic heterocycles. The van der Waals surface area contributed by atoms with Crippen molar-refractivity contribution in [3.05, 3.63) is 53.3 Å². The topological polar surface area (TPSA) is 50.9 Å². The van der Waals surface area contributed by atoms with E-state index >= 15 is 0 Å². The Balaban J connectivity index is 2.42. The van der Waals surface area contributed by atoms with Crippen LogP contribution in [0.2, 0.25) is 0 Å². The molecule has 2 aromatic rings. The van der Waals surface area contributed by atoms with Crippen LogP contribution in [0, 0.1) is 13.8 Å². The van der Waals surface area contributed by atoms with Crippen molar-refractivity contribution in [2.75, 3.05) is 5.32 Å². The Bertz CT molecular complexity index is 593. The quantitative estimate of drug-likeness (QED) is 0.830. The van der Waals surface area contributed by atoms with Gasteiger partial charge in [-0.1, -0.05) is 18.3 Å². The zero-order valence-corrected chi connectivity index (χ0v) is 11.2. The predicted octanol–water partition coefficient (Wildman–Crippen LogP) is 3.08. The van der Waals surface area contributed by atoms with Crippen molar-refractivity contribution in [1.82, 2.24) is 4.98 Å². The number of pyridine rings is 1. The van der Waals surface area contributed by atoms with Crippen molar-refractivity contribution < 1.29 is 0 Å². The van der Waals surface area contributed by atoms with Crippen LogP contribution < -0.4 is 11.1 Å². The van der Waals surface area contributed by atoms with Crippen molar-refractivity contribution in [1.29, 1.82) is 0 Å². The average molecular weight is 257 g/mol. The molecule has 1 aromatic carbocycles. The number of anilines is 2. The Hall–Kier alpha value is -1.94. The number of aryl methyl sites for hydroxylation is 2. The molecule has 0 saturated heterocycles. The van der Waals surface area contributed by atoms with Gasteiger partial charge in [-0.25, -0.2) is 0 Å². The lowest BCUT2D eigenvalue weighted by molar-refractivity contribution is 1.20. The largest absolute Gasteiger partial charge is 0.389 e. The molecule has 0 aliphatic carbocycles. The molecule has 2 rings (SSSR count). The summed E-state index contributed by atoms with van der Waals surface area (Å²) in [7, 11) is 0. The third-order valence-electron chi connectivity index (χ3n) is 2.72. The first-order valence-electron chi connectivity index (χ1n) is 5.67. The third kappa shape index (κ3) is 2.65. The Morgan fingerprint density at radius 1 is 1.22 bits per heavy atom. The molecule has 0 amide bonds. The van der Waals surface area contributed by atoms with Gasteiger partial charge < -0.3 is 11.1 Å². The first kappa shape index (κ1) is 12.5. The molecular formula is C14H15N3S. The van der Waals surface area contributed by atoms with Crippen LogP contribution in [0.1, 0.15) is 16.8 Å². The molecule has 3 nitrogen and oxygen atoms in total. The molecule has 1 heterocycles. The van der Waals surface area contributed by atoms with Gasteiger partial charge in [0, 0.05) is 17.4 Å². The summed E-state index contributed by atoms with van der Waals surface area (Å²) in [6.07, 6.45) is 1.77. The van der Waals surface area contributed by atoms with E-state index in [0.717, 1.165) is 28.2 Å². The summed E-state index contributed by atoms with van der Waals surface area (Å²) in [4.78, 5) is 4.63. The standard InChI is InChI=1S/C14H15N3S/c1-9-5-6-11(14(15)18)13(8-9)17-12-4-3-7-16-10(12)2/h3-8,17H,1-2H3,(H2,15,18). The molecule has 0 aliphatic heterocycles. The fraction of sp³-hybridized carbons (Fsp3) is 0.143. The van der Waals surface area contributed by atoms with Crippen molar-refractivity contribution >= 4 is 28.6 Å². The van der Waals surface area contributed by atoms with Crippen molar-refractivity contribution in [3.8, 4) is 0 Å². The summed E-state index contributed by atoms with van der Waals surface area (Å²) >= 11 is 5.06. The lowest BCUT2D eigenvalue weighted by Gasteiger charge is -2.13. The van der Waals surface area contributed by atoms with E-state index in [-0.39, 0.29) is 0 Å². The minimum Gasteiger partial charge on any atom is -0.389 e. The Morgan fingerprint density at radius 2 is 2.00 bits per heavy atom. The maximum atomic E-state index is 5.73. The van der Waals surface area contributed by atoms with Crippen LogP contribution in [0.25, 0.3) is 0 Å². The predicted molar refractivity (Wildman–Crippen MR) is 79.3 cm³/mol. The number of hydrogen-bond donors (Lipinski definition) is 2. The molecule has 0 atom stereocenters. The van der Waals surface area contributed by atoms with Crippen LogP contribution in [-0.4, -0.2) is 9.97 Å². The number of thiocarbonyl (C=S) groups is 1. The summed E-state index contributed by atoms with van der Waals surface area (Å²) in [5.41, 5.74) is 10.5. The highest BCUT2D eigenvalue weighted by Gasteiger charge is 2.07. The third-order valence-corrected chi connectivity index (χ3v) is 2.94. The summed E-state index contributed by atoms with van der Waals surface area (Å²) < 4.78 is 0. The van der Waals surface area contributed by atoms with Gasteiger partial charge in [-0.05, 0) is 43.7 Å². The highest BCUT2D eigenvalue weighted by Crippen LogP contribution is 2.23. The lowest BCUT2D eigenvalue weighted by atomic mass is 10.1. The van der Waals surface area contributed by atoms with E-state index in [4.69, 9.17) is 18.0 Å². The van der Waals surface area contributed by atoms with E-state index in [1.807, 2.05) is 44.2 Å². The minimum absolute atomic E-state index is 0.388. The number of nitrogens with one attached hydrogen (secondary N) is 1. The summed E-state index contributed by atoms with van der Waals surface area (Å²) in [6.45, 7) is 3.99. The summed E-state index contributed by atoms with van der Waals surface area (Å²) in [5.74, 6) is 0. The van der Waals surface area contributed by atoms with Gasteiger partial charge in [0.15, 0.2) is 0 Å². The van der Waals surface area contributed by atoms with E-state index < -0.39 is 0 Å². The van der Waals surface area contributed by atoms with Crippen LogP contribution >= 0.6 is 12.2 Å². The maximum Gasteiger partial charge on any atom is 0.106 e. The van der Waals surface area contributed by atoms with Gasteiger partial charge in [0.2, 0.25) is 0 Å². The molecule has 0 aliphatic rings. The molecule has 18 heavy (non-hydrogen) atoms. The highest BCUT2D eigenvalue weighted by atomic mass is 32.1. The molecule has 0 saturated carbocycles. The zero-order valence-electron chi connectivity index (χ0n) is 10.4. The number of aromatic nitrogens is 1. The van der Waals surface area contributed by atoms with Crippen molar-refractivity contribution in [2.45, 2.75) is 13.8 Å². The van der Waals surface area contributed by atoms with Crippen LogP contribution in [0.5, 0.6) is 0 Å². The summed E-state index contributed by atoms with van der Waals surface area (Å²) in [5, 5.41) is 3.33. The van der Waals surface area contributed by atoms with Crippen molar-refractivity contribution in [3.63, 3.8) is 0 Å². The molecule has 0 radical (unpaired) electrons. The number of nitrogens with two attached hydrogens (primary N) is 1. The fourth-order valence-corrected chi connectivity index (χ4v) is 1.92. The van der Waals surface area contributed by atoms with Gasteiger partial charge >= 0.3 is 0 Å². The smallest absolute Gasteiger partial charge is 0.106 e. The van der Waals surface area contributed by atoms with Gasteiger partial charge in [-0.3, -0.25) is 4.98 Å². The van der Waals surface area contributed by atoms with Gasteiger partial charge in [0.25, 0.3) is 0 Å². The highest BCUT2D eigenvalue weighted by molar-refractivity contribution is 7.80. The van der Waals surface area contributed by atoms with Gasteiger partial charge in [-0.15, -0.1) is 0 Å². The summed E-state index contributed by atoms with van der Waals surface area (Å²) in [6, 6.07) is 9.84. The number of hydrogen-bond acceptors (Lipinski definition) is 3. The minimum atomic E-state index is 0.388. The van der Waals surface area contributed by atoms with Gasteiger partial charge in [0.05, 0.1) is 11.4 Å². The molecule has 0 unspecified atom stereocenters. The molecule has 4 heteroatoms.